The Morgan fingerprint density at radius 1 is 1.31 bits per heavy atom. The molecule has 2 unspecified atom stereocenters. The maximum absolute atomic E-state index is 13.4. The first kappa shape index (κ1) is 19.8. The molecule has 3 aliphatic heterocycles. The minimum absolute atomic E-state index is 0.0243. The first-order chi connectivity index (χ1) is 13.8. The maximum Gasteiger partial charge on any atom is 0.250 e. The third kappa shape index (κ3) is 2.85. The van der Waals surface area contributed by atoms with Gasteiger partial charge in [0.15, 0.2) is 0 Å². The summed E-state index contributed by atoms with van der Waals surface area (Å²) in [6.45, 7) is 3.60. The lowest BCUT2D eigenvalue weighted by molar-refractivity contribution is -0.141. The second-order valence-electron chi connectivity index (χ2n) is 8.23. The van der Waals surface area contributed by atoms with Crippen molar-refractivity contribution >= 4 is 23.4 Å². The van der Waals surface area contributed by atoms with E-state index < -0.39 is 23.5 Å². The summed E-state index contributed by atoms with van der Waals surface area (Å²) in [5, 5.41) is 15.1. The molecule has 3 fully saturated rings. The molecule has 3 amide bonds. The first-order valence-corrected chi connectivity index (χ1v) is 10.0. The van der Waals surface area contributed by atoms with Crippen LogP contribution in [0.4, 0.5) is 5.69 Å². The predicted octanol–water partition coefficient (Wildman–Crippen LogP) is 0.355. The average Bonchev–Trinajstić information content (AvgIpc) is 3.32. The summed E-state index contributed by atoms with van der Waals surface area (Å²) in [7, 11) is 1.54. The van der Waals surface area contributed by atoms with Gasteiger partial charge in [0.2, 0.25) is 17.7 Å². The molecule has 0 saturated carbocycles. The Hall–Kier alpha value is -2.45. The van der Waals surface area contributed by atoms with Crippen molar-refractivity contribution in [2.45, 2.75) is 44.4 Å². The van der Waals surface area contributed by atoms with Gasteiger partial charge in [0.25, 0.3) is 0 Å². The molecule has 0 radical (unpaired) electrons. The van der Waals surface area contributed by atoms with Crippen molar-refractivity contribution in [1.29, 1.82) is 0 Å². The van der Waals surface area contributed by atoms with E-state index in [-0.39, 0.29) is 37.0 Å². The number of likely N-dealkylation sites (tertiary alicyclic amines) is 1. The zero-order chi connectivity index (χ0) is 20.9. The van der Waals surface area contributed by atoms with E-state index in [1.165, 1.54) is 11.9 Å². The lowest BCUT2D eigenvalue weighted by Gasteiger charge is -2.33. The van der Waals surface area contributed by atoms with Crippen LogP contribution in [-0.2, 0) is 19.1 Å². The summed E-state index contributed by atoms with van der Waals surface area (Å²) in [5.74, 6) is -2.20. The van der Waals surface area contributed by atoms with E-state index >= 15 is 0 Å². The minimum Gasteiger partial charge on any atom is -0.395 e. The second-order valence-corrected chi connectivity index (χ2v) is 8.23. The third-order valence-electron chi connectivity index (χ3n) is 6.59. The monoisotopic (exact) mass is 401 g/mol. The molecule has 29 heavy (non-hydrogen) atoms. The van der Waals surface area contributed by atoms with Crippen molar-refractivity contribution in [3.05, 3.63) is 29.3 Å². The van der Waals surface area contributed by atoms with E-state index in [2.05, 4.69) is 10.6 Å². The number of ether oxygens (including phenoxy) is 1. The fourth-order valence-corrected chi connectivity index (χ4v) is 5.34. The standard InChI is InChI=1S/C21H27N3O5/c1-11-4-5-12(2)13(10-11)23-19(27)17-21-7-6-14(29-21)15(18(26)22-3)16(21)20(28)24(17)8-9-25/h4-5,10,14-17,25H,6-9H2,1-3H3,(H,22,26)(H,23,27)/t14-,15+,16+,17?,21?/m1/s1. The normalized spacial score (nSPS) is 32.4. The SMILES string of the molecule is CNC(=O)[C@@H]1[C@H]2C(=O)N(CCO)C(C(=O)Nc3cc(C)ccc3C)C23CC[C@H]1O3. The Labute approximate surface area is 169 Å². The number of aliphatic hydroxyl groups excluding tert-OH is 1. The van der Waals surface area contributed by atoms with E-state index in [9.17, 15) is 19.5 Å². The van der Waals surface area contributed by atoms with Crippen molar-refractivity contribution in [2.75, 3.05) is 25.5 Å². The van der Waals surface area contributed by atoms with Crippen molar-refractivity contribution in [3.8, 4) is 0 Å². The molecule has 1 spiro atoms. The molecule has 4 rings (SSSR count). The van der Waals surface area contributed by atoms with Crippen LogP contribution in [0.15, 0.2) is 18.2 Å². The number of β-amino-alcohol motifs (C(OH)–C–C–N with tert-alkyl or cyclic N) is 1. The van der Waals surface area contributed by atoms with Gasteiger partial charge in [-0.2, -0.15) is 0 Å². The number of carbonyl (C=O) groups excluding carboxylic acids is 3. The highest BCUT2D eigenvalue weighted by atomic mass is 16.5. The molecule has 1 aromatic rings. The van der Waals surface area contributed by atoms with Crippen LogP contribution < -0.4 is 10.6 Å². The van der Waals surface area contributed by atoms with Crippen LogP contribution in [-0.4, -0.2) is 65.7 Å². The summed E-state index contributed by atoms with van der Waals surface area (Å²) >= 11 is 0. The van der Waals surface area contributed by atoms with Gasteiger partial charge in [0.1, 0.15) is 11.6 Å². The minimum atomic E-state index is -1.03. The summed E-state index contributed by atoms with van der Waals surface area (Å²) in [5.41, 5.74) is 1.57. The van der Waals surface area contributed by atoms with Crippen LogP contribution >= 0.6 is 0 Å². The molecular formula is C21H27N3O5. The number of hydrogen-bond acceptors (Lipinski definition) is 5. The molecule has 3 heterocycles. The fraction of sp³-hybridized carbons (Fsp3) is 0.571. The quantitative estimate of drug-likeness (QED) is 0.660. The number of fused-ring (bicyclic) bond motifs is 1. The van der Waals surface area contributed by atoms with Crippen LogP contribution in [0, 0.1) is 25.7 Å². The zero-order valence-electron chi connectivity index (χ0n) is 16.9. The average molecular weight is 401 g/mol. The summed E-state index contributed by atoms with van der Waals surface area (Å²) in [6.07, 6.45) is 0.799. The maximum atomic E-state index is 13.4. The number of aliphatic hydroxyl groups is 1. The van der Waals surface area contributed by atoms with Crippen molar-refractivity contribution in [2.24, 2.45) is 11.8 Å². The molecule has 8 heteroatoms. The second kappa shape index (κ2) is 7.11. The van der Waals surface area contributed by atoms with Gasteiger partial charge < -0.3 is 25.4 Å². The summed E-state index contributed by atoms with van der Waals surface area (Å²) in [6, 6.07) is 4.89. The van der Waals surface area contributed by atoms with Crippen LogP contribution in [0.2, 0.25) is 0 Å². The molecule has 3 N–H and O–H groups in total. The number of nitrogens with one attached hydrogen (secondary N) is 2. The molecule has 2 bridgehead atoms. The number of aryl methyl sites for hydroxylation is 2. The lowest BCUT2D eigenvalue weighted by Crippen LogP contribution is -2.53. The van der Waals surface area contributed by atoms with E-state index in [0.717, 1.165) is 11.1 Å². The molecule has 3 aliphatic rings. The van der Waals surface area contributed by atoms with E-state index in [0.29, 0.717) is 18.5 Å². The number of anilines is 1. The van der Waals surface area contributed by atoms with Gasteiger partial charge in [0, 0.05) is 19.3 Å². The highest BCUT2D eigenvalue weighted by molar-refractivity contribution is 6.03. The molecule has 0 aromatic heterocycles. The van der Waals surface area contributed by atoms with Crippen LogP contribution in [0.5, 0.6) is 0 Å². The molecule has 3 saturated heterocycles. The molecule has 0 aliphatic carbocycles. The van der Waals surface area contributed by atoms with E-state index in [1.807, 2.05) is 32.0 Å². The Morgan fingerprint density at radius 2 is 2.07 bits per heavy atom. The van der Waals surface area contributed by atoms with Crippen molar-refractivity contribution in [1.82, 2.24) is 10.2 Å². The highest BCUT2D eigenvalue weighted by Crippen LogP contribution is 2.58. The summed E-state index contributed by atoms with van der Waals surface area (Å²) < 4.78 is 6.23. The van der Waals surface area contributed by atoms with Crippen molar-refractivity contribution in [3.63, 3.8) is 0 Å². The predicted molar refractivity (Wildman–Crippen MR) is 105 cm³/mol. The summed E-state index contributed by atoms with van der Waals surface area (Å²) in [4.78, 5) is 40.6. The van der Waals surface area contributed by atoms with E-state index in [4.69, 9.17) is 4.74 Å². The Balaban J connectivity index is 1.71. The van der Waals surface area contributed by atoms with Gasteiger partial charge >= 0.3 is 0 Å². The topological polar surface area (TPSA) is 108 Å². The number of nitrogens with zero attached hydrogens (tertiary/aromatic N) is 1. The van der Waals surface area contributed by atoms with Gasteiger partial charge in [0.05, 0.1) is 24.5 Å². The highest BCUT2D eigenvalue weighted by Gasteiger charge is 2.74. The molecule has 156 valence electrons. The molecular weight excluding hydrogens is 374 g/mol. The number of hydrogen-bond donors (Lipinski definition) is 3. The van der Waals surface area contributed by atoms with Crippen LogP contribution in [0.1, 0.15) is 24.0 Å². The zero-order valence-corrected chi connectivity index (χ0v) is 16.9. The Kier molecular flexibility index (Phi) is 4.86. The Bertz CT molecular complexity index is 872. The van der Waals surface area contributed by atoms with Crippen molar-refractivity contribution < 1.29 is 24.2 Å². The number of rotatable bonds is 5. The largest absolute Gasteiger partial charge is 0.395 e. The van der Waals surface area contributed by atoms with Gasteiger partial charge in [-0.15, -0.1) is 0 Å². The van der Waals surface area contributed by atoms with Gasteiger partial charge in [-0.25, -0.2) is 0 Å². The molecule has 5 atom stereocenters. The molecule has 1 aromatic carbocycles. The fourth-order valence-electron chi connectivity index (χ4n) is 5.34. The van der Waals surface area contributed by atoms with Gasteiger partial charge in [-0.3, -0.25) is 14.4 Å². The third-order valence-corrected chi connectivity index (χ3v) is 6.59. The van der Waals surface area contributed by atoms with Crippen LogP contribution in [0.25, 0.3) is 0 Å². The van der Waals surface area contributed by atoms with Gasteiger partial charge in [-0.1, -0.05) is 12.1 Å². The number of benzene rings is 1. The van der Waals surface area contributed by atoms with Gasteiger partial charge in [-0.05, 0) is 43.9 Å². The van der Waals surface area contributed by atoms with E-state index in [1.54, 1.807) is 0 Å². The lowest BCUT2D eigenvalue weighted by atomic mass is 9.70. The number of carbonyl (C=O) groups is 3. The smallest absolute Gasteiger partial charge is 0.250 e. The number of amides is 3. The van der Waals surface area contributed by atoms with Crippen LogP contribution in [0.3, 0.4) is 0 Å². The molecule has 8 nitrogen and oxygen atoms in total. The Morgan fingerprint density at radius 3 is 2.76 bits per heavy atom. The first-order valence-electron chi connectivity index (χ1n) is 10.0.